The monoisotopic (exact) mass is 415 g/mol. The van der Waals surface area contributed by atoms with E-state index in [0.29, 0.717) is 38.8 Å². The minimum absolute atomic E-state index is 0.214. The number of carbonyl (C=O) groups excluding carboxylic acids is 1. The SMILES string of the molecule is Cn1c(SCc2ccccc2)nnc1C1CCCN(CC(=O)N2CCOCC2)C1. The van der Waals surface area contributed by atoms with Gasteiger partial charge in [0.2, 0.25) is 5.91 Å². The van der Waals surface area contributed by atoms with Crippen LogP contribution in [0.5, 0.6) is 0 Å². The lowest BCUT2D eigenvalue weighted by molar-refractivity contribution is -0.136. The zero-order chi connectivity index (χ0) is 20.1. The highest BCUT2D eigenvalue weighted by Gasteiger charge is 2.28. The fourth-order valence-electron chi connectivity index (χ4n) is 4.04. The number of thioether (sulfide) groups is 1. The molecule has 1 amide bonds. The van der Waals surface area contributed by atoms with E-state index in [1.807, 2.05) is 11.0 Å². The lowest BCUT2D eigenvalue weighted by Gasteiger charge is -2.34. The van der Waals surface area contributed by atoms with Gasteiger partial charge in [0.1, 0.15) is 5.82 Å². The average Bonchev–Trinajstić information content (AvgIpc) is 3.14. The Hall–Kier alpha value is -1.90. The van der Waals surface area contributed by atoms with Crippen molar-refractivity contribution in [1.29, 1.82) is 0 Å². The van der Waals surface area contributed by atoms with Crippen LogP contribution in [0.2, 0.25) is 0 Å². The van der Waals surface area contributed by atoms with Crippen LogP contribution >= 0.6 is 11.8 Å². The number of nitrogens with zero attached hydrogens (tertiary/aromatic N) is 5. The van der Waals surface area contributed by atoms with Crippen LogP contribution in [0.15, 0.2) is 35.5 Å². The zero-order valence-corrected chi connectivity index (χ0v) is 17.8. The molecule has 0 bridgehead atoms. The predicted molar refractivity (Wildman–Crippen MR) is 113 cm³/mol. The Bertz CT molecular complexity index is 807. The maximum atomic E-state index is 12.6. The van der Waals surface area contributed by atoms with Gasteiger partial charge in [-0.2, -0.15) is 0 Å². The number of aromatic nitrogens is 3. The molecule has 0 aliphatic carbocycles. The molecule has 2 fully saturated rings. The molecule has 2 aliphatic heterocycles. The second kappa shape index (κ2) is 9.73. The standard InChI is InChI=1S/C21H29N5O2S/c1-24-20(22-23-21(24)29-16-17-6-3-2-4-7-17)18-8-5-9-25(14-18)15-19(27)26-10-12-28-13-11-26/h2-4,6-7,18H,5,8-16H2,1H3. The van der Waals surface area contributed by atoms with E-state index in [2.05, 4.69) is 51.0 Å². The molecule has 2 saturated heterocycles. The number of rotatable bonds is 6. The Balaban J connectivity index is 1.34. The Morgan fingerprint density at radius 1 is 1.17 bits per heavy atom. The summed E-state index contributed by atoms with van der Waals surface area (Å²) in [6, 6.07) is 10.4. The topological polar surface area (TPSA) is 63.5 Å². The Morgan fingerprint density at radius 3 is 2.76 bits per heavy atom. The number of likely N-dealkylation sites (tertiary alicyclic amines) is 1. The van der Waals surface area contributed by atoms with Crippen LogP contribution in [-0.4, -0.2) is 76.4 Å². The summed E-state index contributed by atoms with van der Waals surface area (Å²) in [4.78, 5) is 16.8. The van der Waals surface area contributed by atoms with Crippen molar-refractivity contribution in [2.75, 3.05) is 45.9 Å². The molecule has 0 saturated carbocycles. The van der Waals surface area contributed by atoms with Gasteiger partial charge >= 0.3 is 0 Å². The molecular formula is C21H29N5O2S. The maximum absolute atomic E-state index is 12.6. The number of hydrogen-bond acceptors (Lipinski definition) is 6. The molecule has 4 rings (SSSR count). The van der Waals surface area contributed by atoms with E-state index in [0.717, 1.165) is 42.7 Å². The Kier molecular flexibility index (Phi) is 6.84. The van der Waals surface area contributed by atoms with Crippen LogP contribution < -0.4 is 0 Å². The van der Waals surface area contributed by atoms with Crippen molar-refractivity contribution >= 4 is 17.7 Å². The highest BCUT2D eigenvalue weighted by Crippen LogP contribution is 2.28. The summed E-state index contributed by atoms with van der Waals surface area (Å²) in [5, 5.41) is 9.89. The first-order chi connectivity index (χ1) is 14.2. The highest BCUT2D eigenvalue weighted by molar-refractivity contribution is 7.98. The molecule has 0 spiro atoms. The van der Waals surface area contributed by atoms with Gasteiger partial charge in [0.25, 0.3) is 0 Å². The van der Waals surface area contributed by atoms with Gasteiger partial charge in [-0.1, -0.05) is 42.1 Å². The number of piperidine rings is 1. The molecule has 2 aliphatic rings. The summed E-state index contributed by atoms with van der Waals surface area (Å²) >= 11 is 1.72. The smallest absolute Gasteiger partial charge is 0.236 e. The Morgan fingerprint density at radius 2 is 1.97 bits per heavy atom. The van der Waals surface area contributed by atoms with Crippen LogP contribution in [0.1, 0.15) is 30.1 Å². The first kappa shape index (κ1) is 20.4. The van der Waals surface area contributed by atoms with Gasteiger partial charge in [0.05, 0.1) is 19.8 Å². The summed E-state index contributed by atoms with van der Waals surface area (Å²) in [5.41, 5.74) is 1.28. The lowest BCUT2D eigenvalue weighted by Crippen LogP contribution is -2.47. The quantitative estimate of drug-likeness (QED) is 0.674. The molecule has 0 N–H and O–H groups in total. The molecule has 1 aromatic heterocycles. The van der Waals surface area contributed by atoms with E-state index in [4.69, 9.17) is 4.74 Å². The van der Waals surface area contributed by atoms with Gasteiger partial charge in [-0.05, 0) is 24.9 Å². The first-order valence-electron chi connectivity index (χ1n) is 10.3. The molecule has 1 aromatic carbocycles. The van der Waals surface area contributed by atoms with Crippen molar-refractivity contribution < 1.29 is 9.53 Å². The zero-order valence-electron chi connectivity index (χ0n) is 17.0. The van der Waals surface area contributed by atoms with E-state index in [9.17, 15) is 4.79 Å². The highest BCUT2D eigenvalue weighted by atomic mass is 32.2. The van der Waals surface area contributed by atoms with Gasteiger partial charge in [0.15, 0.2) is 5.16 Å². The first-order valence-corrected chi connectivity index (χ1v) is 11.3. The van der Waals surface area contributed by atoms with Crippen molar-refractivity contribution in [1.82, 2.24) is 24.6 Å². The number of morpholine rings is 1. The van der Waals surface area contributed by atoms with Crippen LogP contribution in [-0.2, 0) is 22.3 Å². The van der Waals surface area contributed by atoms with Crippen molar-refractivity contribution in [3.05, 3.63) is 41.7 Å². The molecule has 1 atom stereocenters. The van der Waals surface area contributed by atoms with Gasteiger partial charge in [-0.25, -0.2) is 0 Å². The van der Waals surface area contributed by atoms with Gasteiger partial charge in [0, 0.05) is 38.4 Å². The molecule has 3 heterocycles. The summed E-state index contributed by atoms with van der Waals surface area (Å²) < 4.78 is 7.48. The third-order valence-corrected chi connectivity index (χ3v) is 6.76. The van der Waals surface area contributed by atoms with Crippen LogP contribution in [0.4, 0.5) is 0 Å². The minimum Gasteiger partial charge on any atom is -0.378 e. The normalized spacial score (nSPS) is 20.7. The fourth-order valence-corrected chi connectivity index (χ4v) is 4.92. The number of ether oxygens (including phenoxy) is 1. The molecule has 8 heteroatoms. The van der Waals surface area contributed by atoms with Crippen molar-refractivity contribution in [3.8, 4) is 0 Å². The molecular weight excluding hydrogens is 386 g/mol. The van der Waals surface area contributed by atoms with Crippen LogP contribution in [0.25, 0.3) is 0 Å². The van der Waals surface area contributed by atoms with Crippen LogP contribution in [0.3, 0.4) is 0 Å². The van der Waals surface area contributed by atoms with E-state index in [-0.39, 0.29) is 5.91 Å². The second-order valence-electron chi connectivity index (χ2n) is 7.74. The Labute approximate surface area is 176 Å². The molecule has 1 unspecified atom stereocenters. The van der Waals surface area contributed by atoms with E-state index in [1.54, 1.807) is 11.8 Å². The van der Waals surface area contributed by atoms with E-state index >= 15 is 0 Å². The number of carbonyl (C=O) groups is 1. The summed E-state index contributed by atoms with van der Waals surface area (Å²) in [5.74, 6) is 2.46. The van der Waals surface area contributed by atoms with Gasteiger partial charge in [-0.3, -0.25) is 9.69 Å². The van der Waals surface area contributed by atoms with Gasteiger partial charge in [-0.15, -0.1) is 10.2 Å². The molecule has 29 heavy (non-hydrogen) atoms. The molecule has 0 radical (unpaired) electrons. The maximum Gasteiger partial charge on any atom is 0.236 e. The third-order valence-electron chi connectivity index (χ3n) is 5.67. The number of amides is 1. The summed E-state index contributed by atoms with van der Waals surface area (Å²) in [6.07, 6.45) is 2.18. The molecule has 7 nitrogen and oxygen atoms in total. The number of benzene rings is 1. The minimum atomic E-state index is 0.214. The van der Waals surface area contributed by atoms with E-state index in [1.165, 1.54) is 5.56 Å². The van der Waals surface area contributed by atoms with Crippen molar-refractivity contribution in [2.45, 2.75) is 29.7 Å². The molecule has 2 aromatic rings. The average molecular weight is 416 g/mol. The van der Waals surface area contributed by atoms with Crippen molar-refractivity contribution in [2.24, 2.45) is 7.05 Å². The van der Waals surface area contributed by atoms with E-state index < -0.39 is 0 Å². The van der Waals surface area contributed by atoms with Crippen molar-refractivity contribution in [3.63, 3.8) is 0 Å². The summed E-state index contributed by atoms with van der Waals surface area (Å²) in [6.45, 7) is 5.05. The largest absolute Gasteiger partial charge is 0.378 e. The summed E-state index contributed by atoms with van der Waals surface area (Å²) in [7, 11) is 2.06. The lowest BCUT2D eigenvalue weighted by atomic mass is 9.97. The van der Waals surface area contributed by atoms with Gasteiger partial charge < -0.3 is 14.2 Å². The fraction of sp³-hybridized carbons (Fsp3) is 0.571. The predicted octanol–water partition coefficient (Wildman–Crippen LogP) is 2.15. The van der Waals surface area contributed by atoms with Crippen LogP contribution in [0, 0.1) is 0 Å². The molecule has 156 valence electrons. The number of hydrogen-bond donors (Lipinski definition) is 0. The third kappa shape index (κ3) is 5.18. The second-order valence-corrected chi connectivity index (χ2v) is 8.68.